The highest BCUT2D eigenvalue weighted by Crippen LogP contribution is 2.32. The molecule has 1 aliphatic rings. The van der Waals surface area contributed by atoms with E-state index in [0.717, 1.165) is 39.6 Å². The zero-order valence-electron chi connectivity index (χ0n) is 19.2. The Morgan fingerprint density at radius 3 is 2.54 bits per heavy atom. The first kappa shape index (κ1) is 23.5. The van der Waals surface area contributed by atoms with Crippen molar-refractivity contribution in [1.29, 1.82) is 0 Å². The smallest absolute Gasteiger partial charge is 0.229 e. The van der Waals surface area contributed by atoms with E-state index in [-0.39, 0.29) is 0 Å². The SMILES string of the molecule is COc1ccc2cc(CCc3[nH]nc4cccc(OC5OC(CO)C(O)C(O)C5O)c34)ccc2c1. The molecular weight excluding hydrogens is 452 g/mol. The summed E-state index contributed by atoms with van der Waals surface area (Å²) in [4.78, 5) is 0. The number of nitrogens with zero attached hydrogens (tertiary/aromatic N) is 1. The van der Waals surface area contributed by atoms with Gasteiger partial charge in [-0.25, -0.2) is 0 Å². The standard InChI is InChI=1S/C26H28N2O7/c1-33-17-9-8-15-11-14(5-7-16(15)12-17)6-10-19-22-18(27-28-19)3-2-4-20(22)34-26-25(32)24(31)23(30)21(13-29)35-26/h2-5,7-9,11-12,21,23-26,29-32H,6,10,13H2,1H3,(H,27,28). The van der Waals surface area contributed by atoms with Gasteiger partial charge in [0.1, 0.15) is 35.9 Å². The van der Waals surface area contributed by atoms with Gasteiger partial charge in [0.2, 0.25) is 6.29 Å². The minimum absolute atomic E-state index is 0.418. The van der Waals surface area contributed by atoms with Crippen LogP contribution < -0.4 is 9.47 Å². The summed E-state index contributed by atoms with van der Waals surface area (Å²) in [5.41, 5.74) is 2.71. The molecule has 5 unspecified atom stereocenters. The molecule has 0 aliphatic carbocycles. The lowest BCUT2D eigenvalue weighted by Gasteiger charge is -2.39. The van der Waals surface area contributed by atoms with Crippen molar-refractivity contribution in [3.8, 4) is 11.5 Å². The van der Waals surface area contributed by atoms with Crippen molar-refractivity contribution in [3.05, 3.63) is 65.9 Å². The van der Waals surface area contributed by atoms with Gasteiger partial charge in [-0.2, -0.15) is 5.10 Å². The van der Waals surface area contributed by atoms with Crippen LogP contribution in [0.2, 0.25) is 0 Å². The predicted molar refractivity (Wildman–Crippen MR) is 128 cm³/mol. The first-order valence-corrected chi connectivity index (χ1v) is 11.5. The molecule has 0 radical (unpaired) electrons. The minimum atomic E-state index is -1.51. The number of nitrogens with one attached hydrogen (secondary N) is 1. The van der Waals surface area contributed by atoms with Crippen molar-refractivity contribution in [3.63, 3.8) is 0 Å². The molecule has 184 valence electrons. The number of benzene rings is 3. The van der Waals surface area contributed by atoms with E-state index in [4.69, 9.17) is 14.2 Å². The van der Waals surface area contributed by atoms with Crippen LogP contribution in [0.3, 0.4) is 0 Å². The zero-order chi connectivity index (χ0) is 24.5. The monoisotopic (exact) mass is 480 g/mol. The fourth-order valence-electron chi connectivity index (χ4n) is 4.49. The van der Waals surface area contributed by atoms with Crippen molar-refractivity contribution in [2.75, 3.05) is 13.7 Å². The number of methoxy groups -OCH3 is 1. The fourth-order valence-corrected chi connectivity index (χ4v) is 4.49. The molecule has 4 aromatic rings. The second-order valence-corrected chi connectivity index (χ2v) is 8.71. The van der Waals surface area contributed by atoms with E-state index in [1.54, 1.807) is 19.2 Å². The molecule has 0 amide bonds. The Balaban J connectivity index is 1.37. The first-order chi connectivity index (χ1) is 17.0. The quantitative estimate of drug-likeness (QED) is 0.270. The zero-order valence-corrected chi connectivity index (χ0v) is 19.2. The molecule has 5 atom stereocenters. The minimum Gasteiger partial charge on any atom is -0.497 e. The second kappa shape index (κ2) is 9.80. The number of aliphatic hydroxyl groups is 4. The topological polar surface area (TPSA) is 137 Å². The molecular formula is C26H28N2O7. The van der Waals surface area contributed by atoms with Gasteiger partial charge in [0.05, 0.1) is 24.6 Å². The average Bonchev–Trinajstić information content (AvgIpc) is 3.31. The van der Waals surface area contributed by atoms with E-state index in [1.165, 1.54) is 0 Å². The summed E-state index contributed by atoms with van der Waals surface area (Å²) >= 11 is 0. The predicted octanol–water partition coefficient (Wildman–Crippen LogP) is 1.69. The number of rotatable bonds is 7. The molecule has 1 aromatic heterocycles. The maximum absolute atomic E-state index is 10.4. The van der Waals surface area contributed by atoms with E-state index in [9.17, 15) is 20.4 Å². The molecule has 1 aliphatic heterocycles. The van der Waals surface area contributed by atoms with E-state index < -0.39 is 37.3 Å². The molecule has 3 aromatic carbocycles. The first-order valence-electron chi connectivity index (χ1n) is 11.5. The highest BCUT2D eigenvalue weighted by molar-refractivity contribution is 5.88. The van der Waals surface area contributed by atoms with E-state index in [1.807, 2.05) is 24.3 Å². The second-order valence-electron chi connectivity index (χ2n) is 8.71. The summed E-state index contributed by atoms with van der Waals surface area (Å²) in [6, 6.07) is 17.6. The van der Waals surface area contributed by atoms with Crippen LogP contribution in [0.4, 0.5) is 0 Å². The van der Waals surface area contributed by atoms with Crippen LogP contribution in [0.1, 0.15) is 11.3 Å². The Bertz CT molecular complexity index is 1320. The third kappa shape index (κ3) is 4.56. The Kier molecular flexibility index (Phi) is 6.59. The third-order valence-corrected chi connectivity index (χ3v) is 6.48. The van der Waals surface area contributed by atoms with Crippen molar-refractivity contribution in [2.24, 2.45) is 0 Å². The number of fused-ring (bicyclic) bond motifs is 2. The number of hydrogen-bond donors (Lipinski definition) is 5. The van der Waals surface area contributed by atoms with Gasteiger partial charge >= 0.3 is 0 Å². The lowest BCUT2D eigenvalue weighted by Crippen LogP contribution is -2.60. The Labute approximate surface area is 201 Å². The van der Waals surface area contributed by atoms with Gasteiger partial charge in [0.25, 0.3) is 0 Å². The average molecular weight is 481 g/mol. The Hall–Kier alpha value is -3.21. The van der Waals surface area contributed by atoms with Crippen LogP contribution in [0, 0.1) is 0 Å². The van der Waals surface area contributed by atoms with Gasteiger partial charge in [-0.15, -0.1) is 0 Å². The third-order valence-electron chi connectivity index (χ3n) is 6.48. The van der Waals surface area contributed by atoms with Gasteiger partial charge in [-0.3, -0.25) is 5.10 Å². The molecule has 5 N–H and O–H groups in total. The molecule has 2 heterocycles. The number of aryl methyl sites for hydroxylation is 2. The largest absolute Gasteiger partial charge is 0.497 e. The maximum Gasteiger partial charge on any atom is 0.229 e. The highest BCUT2D eigenvalue weighted by atomic mass is 16.7. The Morgan fingerprint density at radius 1 is 0.943 bits per heavy atom. The van der Waals surface area contributed by atoms with Gasteiger partial charge < -0.3 is 34.6 Å². The van der Waals surface area contributed by atoms with Crippen molar-refractivity contribution in [1.82, 2.24) is 10.2 Å². The number of aromatic nitrogens is 2. The van der Waals surface area contributed by atoms with Gasteiger partial charge in [0, 0.05) is 5.69 Å². The molecule has 35 heavy (non-hydrogen) atoms. The summed E-state index contributed by atoms with van der Waals surface area (Å²) in [6.07, 6.45) is -5.35. The van der Waals surface area contributed by atoms with Gasteiger partial charge in [-0.05, 0) is 53.4 Å². The molecule has 9 nitrogen and oxygen atoms in total. The van der Waals surface area contributed by atoms with E-state index in [2.05, 4.69) is 28.4 Å². The number of H-pyrrole nitrogens is 1. The van der Waals surface area contributed by atoms with Crippen LogP contribution in [-0.4, -0.2) is 75.0 Å². The fraction of sp³-hybridized carbons (Fsp3) is 0.346. The highest BCUT2D eigenvalue weighted by Gasteiger charge is 2.44. The lowest BCUT2D eigenvalue weighted by atomic mass is 9.99. The number of ether oxygens (including phenoxy) is 3. The molecule has 1 saturated heterocycles. The van der Waals surface area contributed by atoms with Crippen LogP contribution in [0.5, 0.6) is 11.5 Å². The molecule has 0 bridgehead atoms. The maximum atomic E-state index is 10.4. The van der Waals surface area contributed by atoms with Crippen LogP contribution >= 0.6 is 0 Å². The summed E-state index contributed by atoms with van der Waals surface area (Å²) in [5, 5.41) is 50.4. The summed E-state index contributed by atoms with van der Waals surface area (Å²) < 4.78 is 16.7. The number of aromatic amines is 1. The van der Waals surface area contributed by atoms with Crippen molar-refractivity contribution in [2.45, 2.75) is 43.5 Å². The normalized spacial score (nSPS) is 24.7. The van der Waals surface area contributed by atoms with Gasteiger partial charge in [-0.1, -0.05) is 30.3 Å². The molecule has 5 rings (SSSR count). The number of hydrogen-bond acceptors (Lipinski definition) is 8. The van der Waals surface area contributed by atoms with E-state index in [0.29, 0.717) is 17.7 Å². The van der Waals surface area contributed by atoms with Crippen LogP contribution in [0.25, 0.3) is 21.7 Å². The summed E-state index contributed by atoms with van der Waals surface area (Å²) in [6.45, 7) is -0.523. The Morgan fingerprint density at radius 2 is 1.74 bits per heavy atom. The molecule has 1 fully saturated rings. The lowest BCUT2D eigenvalue weighted by molar-refractivity contribution is -0.277. The summed E-state index contributed by atoms with van der Waals surface area (Å²) in [5.74, 6) is 1.24. The van der Waals surface area contributed by atoms with Crippen molar-refractivity contribution >= 4 is 21.7 Å². The van der Waals surface area contributed by atoms with E-state index >= 15 is 0 Å². The molecule has 0 spiro atoms. The van der Waals surface area contributed by atoms with Gasteiger partial charge in [0.15, 0.2) is 0 Å². The molecule has 0 saturated carbocycles. The summed E-state index contributed by atoms with van der Waals surface area (Å²) in [7, 11) is 1.65. The molecule has 9 heteroatoms. The van der Waals surface area contributed by atoms with Crippen LogP contribution in [0.15, 0.2) is 54.6 Å². The van der Waals surface area contributed by atoms with Crippen LogP contribution in [-0.2, 0) is 17.6 Å². The van der Waals surface area contributed by atoms with Crippen molar-refractivity contribution < 1.29 is 34.6 Å². The number of aliphatic hydroxyl groups excluding tert-OH is 4.